The molecule has 0 spiro atoms. The highest BCUT2D eigenvalue weighted by molar-refractivity contribution is 6.74. The van der Waals surface area contributed by atoms with Crippen LogP contribution in [0, 0.1) is 6.92 Å². The zero-order valence-electron chi connectivity index (χ0n) is 11.4. The van der Waals surface area contributed by atoms with Gasteiger partial charge < -0.3 is 8.84 Å². The van der Waals surface area contributed by atoms with Crippen LogP contribution in [0.2, 0.25) is 18.1 Å². The third kappa shape index (κ3) is 2.95. The number of oxazole rings is 1. The van der Waals surface area contributed by atoms with Gasteiger partial charge in [0.25, 0.3) is 0 Å². The summed E-state index contributed by atoms with van der Waals surface area (Å²) in [6.07, 6.45) is 1.70. The summed E-state index contributed by atoms with van der Waals surface area (Å²) >= 11 is 0. The molecular weight excluding hydrogens is 218 g/mol. The van der Waals surface area contributed by atoms with Crippen molar-refractivity contribution in [3.05, 3.63) is 17.8 Å². The first-order chi connectivity index (χ1) is 7.13. The first-order valence-corrected chi connectivity index (χ1v) is 8.64. The molecule has 1 heterocycles. The number of aryl methyl sites for hydroxylation is 1. The van der Waals surface area contributed by atoms with E-state index in [1.807, 2.05) is 13.8 Å². The van der Waals surface area contributed by atoms with Gasteiger partial charge in [0.2, 0.25) is 0 Å². The first kappa shape index (κ1) is 13.5. The Bertz CT molecular complexity index is 352. The molecule has 16 heavy (non-hydrogen) atoms. The van der Waals surface area contributed by atoms with E-state index in [1.54, 1.807) is 6.26 Å². The molecule has 4 heteroatoms. The van der Waals surface area contributed by atoms with E-state index in [0.717, 1.165) is 5.69 Å². The Morgan fingerprint density at radius 3 is 2.31 bits per heavy atom. The van der Waals surface area contributed by atoms with Crippen LogP contribution in [0.5, 0.6) is 0 Å². The molecule has 1 rings (SSSR count). The molecule has 0 amide bonds. The Morgan fingerprint density at radius 1 is 1.38 bits per heavy atom. The quantitative estimate of drug-likeness (QED) is 0.748. The Hall–Kier alpha value is -0.613. The molecule has 1 unspecified atom stereocenters. The Kier molecular flexibility index (Phi) is 3.64. The number of aromatic nitrogens is 1. The smallest absolute Gasteiger partial charge is 0.192 e. The maximum Gasteiger partial charge on any atom is 0.192 e. The second-order valence-electron chi connectivity index (χ2n) is 5.81. The summed E-state index contributed by atoms with van der Waals surface area (Å²) < 4.78 is 11.4. The lowest BCUT2D eigenvalue weighted by Gasteiger charge is -2.38. The van der Waals surface area contributed by atoms with Crippen LogP contribution in [0.1, 0.15) is 45.4 Å². The first-order valence-electron chi connectivity index (χ1n) is 5.73. The molecule has 1 aromatic rings. The topological polar surface area (TPSA) is 35.3 Å². The Labute approximate surface area is 99.3 Å². The van der Waals surface area contributed by atoms with E-state index in [2.05, 4.69) is 38.8 Å². The van der Waals surface area contributed by atoms with Crippen LogP contribution < -0.4 is 0 Å². The molecule has 0 aliphatic carbocycles. The van der Waals surface area contributed by atoms with E-state index in [9.17, 15) is 0 Å². The van der Waals surface area contributed by atoms with Gasteiger partial charge >= 0.3 is 0 Å². The third-order valence-corrected chi connectivity index (χ3v) is 7.89. The fraction of sp³-hybridized carbons (Fsp3) is 0.750. The summed E-state index contributed by atoms with van der Waals surface area (Å²) in [6.45, 7) is 15.1. The monoisotopic (exact) mass is 241 g/mol. The van der Waals surface area contributed by atoms with Gasteiger partial charge in [-0.1, -0.05) is 20.8 Å². The van der Waals surface area contributed by atoms with Crippen molar-refractivity contribution < 1.29 is 8.84 Å². The predicted molar refractivity (Wildman–Crippen MR) is 67.9 cm³/mol. The minimum atomic E-state index is -1.72. The van der Waals surface area contributed by atoms with Crippen molar-refractivity contribution in [2.75, 3.05) is 0 Å². The molecule has 0 saturated carbocycles. The van der Waals surface area contributed by atoms with E-state index in [4.69, 9.17) is 8.84 Å². The van der Waals surface area contributed by atoms with Crippen LogP contribution >= 0.6 is 0 Å². The van der Waals surface area contributed by atoms with Gasteiger partial charge in [0.15, 0.2) is 14.2 Å². The van der Waals surface area contributed by atoms with Crippen LogP contribution in [0.15, 0.2) is 10.7 Å². The lowest BCUT2D eigenvalue weighted by molar-refractivity contribution is 0.198. The Balaban J connectivity index is 2.75. The summed E-state index contributed by atoms with van der Waals surface area (Å²) in [5.41, 5.74) is 0.891. The Morgan fingerprint density at radius 2 is 1.94 bits per heavy atom. The second kappa shape index (κ2) is 4.34. The van der Waals surface area contributed by atoms with Crippen LogP contribution in [0.3, 0.4) is 0 Å². The highest BCUT2D eigenvalue weighted by Crippen LogP contribution is 2.39. The van der Waals surface area contributed by atoms with Gasteiger partial charge in [0.05, 0.1) is 6.10 Å². The highest BCUT2D eigenvalue weighted by atomic mass is 28.4. The van der Waals surface area contributed by atoms with Crippen LogP contribution in [0.4, 0.5) is 0 Å². The lowest BCUT2D eigenvalue weighted by Crippen LogP contribution is -2.41. The third-order valence-electron chi connectivity index (χ3n) is 3.33. The normalized spacial score (nSPS) is 15.2. The summed E-state index contributed by atoms with van der Waals surface area (Å²) in [4.78, 5) is 4.31. The largest absolute Gasteiger partial charge is 0.449 e. The van der Waals surface area contributed by atoms with Crippen molar-refractivity contribution in [3.8, 4) is 0 Å². The van der Waals surface area contributed by atoms with Crippen LogP contribution in [-0.2, 0) is 4.43 Å². The van der Waals surface area contributed by atoms with Gasteiger partial charge in [-0.2, -0.15) is 0 Å². The molecule has 0 aliphatic heterocycles. The van der Waals surface area contributed by atoms with Crippen molar-refractivity contribution >= 4 is 8.32 Å². The fourth-order valence-corrected chi connectivity index (χ4v) is 2.60. The fourth-order valence-electron chi connectivity index (χ4n) is 1.25. The molecule has 0 saturated heterocycles. The van der Waals surface area contributed by atoms with E-state index in [0.29, 0.717) is 5.89 Å². The molecule has 0 bridgehead atoms. The number of nitrogens with zero attached hydrogens (tertiary/aromatic N) is 1. The number of hydrogen-bond donors (Lipinski definition) is 0. The summed E-state index contributed by atoms with van der Waals surface area (Å²) in [6, 6.07) is 0. The molecule has 0 aliphatic rings. The average molecular weight is 241 g/mol. The number of rotatable bonds is 3. The predicted octanol–water partition coefficient (Wildman–Crippen LogP) is 4.07. The lowest BCUT2D eigenvalue weighted by atomic mass is 10.2. The highest BCUT2D eigenvalue weighted by Gasteiger charge is 2.38. The molecule has 1 atom stereocenters. The molecule has 0 N–H and O–H groups in total. The molecule has 0 radical (unpaired) electrons. The van der Waals surface area contributed by atoms with E-state index >= 15 is 0 Å². The summed E-state index contributed by atoms with van der Waals surface area (Å²) in [5.74, 6) is 0.695. The van der Waals surface area contributed by atoms with E-state index < -0.39 is 8.32 Å². The minimum Gasteiger partial charge on any atom is -0.449 e. The van der Waals surface area contributed by atoms with Gasteiger partial charge in [-0.3, -0.25) is 0 Å². The van der Waals surface area contributed by atoms with Gasteiger partial charge in [-0.15, -0.1) is 0 Å². The second-order valence-corrected chi connectivity index (χ2v) is 10.6. The van der Waals surface area contributed by atoms with Gasteiger partial charge in [-0.05, 0) is 25.1 Å². The molecule has 0 aromatic carbocycles. The molecule has 1 aromatic heterocycles. The SMILES string of the molecule is Cc1nc(C(C)O[Si](C)(C)C(C)(C)C)co1. The van der Waals surface area contributed by atoms with E-state index in [1.165, 1.54) is 0 Å². The molecule has 3 nitrogen and oxygen atoms in total. The number of hydrogen-bond acceptors (Lipinski definition) is 3. The summed E-state index contributed by atoms with van der Waals surface area (Å²) in [5, 5.41) is 0.222. The zero-order chi connectivity index (χ0) is 12.6. The summed E-state index contributed by atoms with van der Waals surface area (Å²) in [7, 11) is -1.72. The van der Waals surface area contributed by atoms with Crippen molar-refractivity contribution in [1.29, 1.82) is 0 Å². The average Bonchev–Trinajstić information content (AvgIpc) is 2.48. The van der Waals surface area contributed by atoms with Crippen LogP contribution in [-0.4, -0.2) is 13.3 Å². The van der Waals surface area contributed by atoms with Crippen molar-refractivity contribution in [2.24, 2.45) is 0 Å². The minimum absolute atomic E-state index is 0.0124. The van der Waals surface area contributed by atoms with Crippen molar-refractivity contribution in [1.82, 2.24) is 4.98 Å². The van der Waals surface area contributed by atoms with Crippen molar-refractivity contribution in [3.63, 3.8) is 0 Å². The molecule has 92 valence electrons. The van der Waals surface area contributed by atoms with Crippen LogP contribution in [0.25, 0.3) is 0 Å². The molecule has 0 fully saturated rings. The maximum atomic E-state index is 6.22. The van der Waals surface area contributed by atoms with Crippen molar-refractivity contribution in [2.45, 2.75) is 58.9 Å². The van der Waals surface area contributed by atoms with Gasteiger partial charge in [-0.25, -0.2) is 4.98 Å². The van der Waals surface area contributed by atoms with E-state index in [-0.39, 0.29) is 11.1 Å². The molecular formula is C12H23NO2Si. The van der Waals surface area contributed by atoms with Gasteiger partial charge in [0, 0.05) is 6.92 Å². The maximum absolute atomic E-state index is 6.22. The van der Waals surface area contributed by atoms with Gasteiger partial charge in [0.1, 0.15) is 12.0 Å². The standard InChI is InChI=1S/C12H23NO2Si/c1-9(11-8-14-10(2)13-11)15-16(6,7)12(3,4)5/h8-9H,1-7H3. The zero-order valence-corrected chi connectivity index (χ0v) is 12.4.